The molecule has 1 aliphatic heterocycles. The molecule has 7 heteroatoms. The number of benzene rings is 2. The van der Waals surface area contributed by atoms with Gasteiger partial charge in [0.05, 0.1) is 0 Å². The van der Waals surface area contributed by atoms with E-state index in [1.165, 1.54) is 11.8 Å². The maximum atomic E-state index is 12.6. The van der Waals surface area contributed by atoms with E-state index in [9.17, 15) is 4.79 Å². The van der Waals surface area contributed by atoms with Crippen molar-refractivity contribution >= 4 is 5.91 Å². The summed E-state index contributed by atoms with van der Waals surface area (Å²) in [5, 5.41) is 0. The number of carbonyl (C=O) groups excluding carboxylic acids is 1. The zero-order valence-corrected chi connectivity index (χ0v) is 15.7. The lowest BCUT2D eigenvalue weighted by Gasteiger charge is -2.15. The van der Waals surface area contributed by atoms with Crippen molar-refractivity contribution in [2.75, 3.05) is 13.8 Å². The molecule has 3 aromatic rings. The summed E-state index contributed by atoms with van der Waals surface area (Å²) in [6, 6.07) is 13.4. The van der Waals surface area contributed by atoms with E-state index >= 15 is 0 Å². The van der Waals surface area contributed by atoms with Gasteiger partial charge in [-0.2, -0.15) is 0 Å². The molecule has 0 N–H and O–H groups in total. The number of fused-ring (bicyclic) bond motifs is 1. The number of rotatable bonds is 6. The van der Waals surface area contributed by atoms with E-state index in [1.54, 1.807) is 30.1 Å². The van der Waals surface area contributed by atoms with E-state index in [0.717, 1.165) is 5.56 Å². The quantitative estimate of drug-likeness (QED) is 0.651. The monoisotopic (exact) mass is 380 g/mol. The van der Waals surface area contributed by atoms with Gasteiger partial charge in [-0.05, 0) is 24.6 Å². The van der Waals surface area contributed by atoms with E-state index < -0.39 is 0 Å². The summed E-state index contributed by atoms with van der Waals surface area (Å²) in [6.45, 7) is 2.84. The summed E-state index contributed by atoms with van der Waals surface area (Å²) in [5.74, 6) is 2.04. The maximum Gasteiger partial charge on any atom is 0.275 e. The minimum absolute atomic E-state index is 0.106. The highest BCUT2D eigenvalue weighted by molar-refractivity contribution is 5.91. The highest BCUT2D eigenvalue weighted by Gasteiger charge is 2.18. The molecule has 2 heterocycles. The minimum atomic E-state index is -0.210. The number of aromatic nitrogens is 1. The molecule has 144 valence electrons. The Morgan fingerprint density at radius 1 is 1.14 bits per heavy atom. The fourth-order valence-corrected chi connectivity index (χ4v) is 2.82. The fourth-order valence-electron chi connectivity index (χ4n) is 2.82. The number of nitrogens with zero attached hydrogens (tertiary/aromatic N) is 2. The predicted molar refractivity (Wildman–Crippen MR) is 100 cm³/mol. The van der Waals surface area contributed by atoms with Crippen molar-refractivity contribution in [3.8, 4) is 17.2 Å². The van der Waals surface area contributed by atoms with Crippen molar-refractivity contribution < 1.29 is 23.4 Å². The lowest BCUT2D eigenvalue weighted by atomic mass is 10.1. The summed E-state index contributed by atoms with van der Waals surface area (Å²) in [7, 11) is 1.74. The van der Waals surface area contributed by atoms with Gasteiger partial charge < -0.3 is 23.5 Å². The first-order valence-electron chi connectivity index (χ1n) is 8.86. The smallest absolute Gasteiger partial charge is 0.275 e. The van der Waals surface area contributed by atoms with Gasteiger partial charge >= 0.3 is 0 Å². The van der Waals surface area contributed by atoms with Crippen LogP contribution in [0.4, 0.5) is 0 Å². The molecule has 0 aliphatic carbocycles. The molecular formula is C21H20N2O5. The molecular weight excluding hydrogens is 360 g/mol. The van der Waals surface area contributed by atoms with Crippen LogP contribution in [-0.4, -0.2) is 29.6 Å². The van der Waals surface area contributed by atoms with Crippen LogP contribution in [0.3, 0.4) is 0 Å². The van der Waals surface area contributed by atoms with Crippen LogP contribution in [0.15, 0.2) is 53.1 Å². The zero-order valence-electron chi connectivity index (χ0n) is 15.7. The summed E-state index contributed by atoms with van der Waals surface area (Å²) in [4.78, 5) is 18.4. The summed E-state index contributed by atoms with van der Waals surface area (Å²) >= 11 is 0. The first-order valence-corrected chi connectivity index (χ1v) is 8.86. The molecule has 1 aliphatic rings. The van der Waals surface area contributed by atoms with E-state index in [4.69, 9.17) is 18.6 Å². The Kier molecular flexibility index (Phi) is 4.89. The van der Waals surface area contributed by atoms with Gasteiger partial charge in [-0.1, -0.05) is 29.8 Å². The van der Waals surface area contributed by atoms with Crippen molar-refractivity contribution in [1.29, 1.82) is 0 Å². The maximum absolute atomic E-state index is 12.6. The minimum Gasteiger partial charge on any atom is -0.484 e. The molecule has 4 rings (SSSR count). The SMILES string of the molecule is Cc1ccc(CN(C)C(=O)c2coc(COc3ccc4c(c3)OCO4)n2)cc1. The average Bonchev–Trinajstić information content (AvgIpc) is 3.36. The highest BCUT2D eigenvalue weighted by atomic mass is 16.7. The van der Waals surface area contributed by atoms with Crippen LogP contribution in [-0.2, 0) is 13.2 Å². The Balaban J connectivity index is 1.35. The molecule has 0 bridgehead atoms. The molecule has 0 atom stereocenters. The third-order valence-corrected chi connectivity index (χ3v) is 4.36. The van der Waals surface area contributed by atoms with Crippen LogP contribution in [0.1, 0.15) is 27.5 Å². The van der Waals surface area contributed by atoms with Crippen molar-refractivity contribution in [3.63, 3.8) is 0 Å². The number of hydrogen-bond acceptors (Lipinski definition) is 6. The third-order valence-electron chi connectivity index (χ3n) is 4.36. The number of ether oxygens (including phenoxy) is 3. The largest absolute Gasteiger partial charge is 0.484 e. The number of aryl methyl sites for hydroxylation is 1. The standard InChI is InChI=1S/C21H20N2O5/c1-14-3-5-15(6-4-14)10-23(2)21(24)17-11-26-20(22-17)12-25-16-7-8-18-19(9-16)28-13-27-18/h3-9,11H,10,12-13H2,1-2H3. The van der Waals surface area contributed by atoms with E-state index in [0.29, 0.717) is 29.7 Å². The van der Waals surface area contributed by atoms with Crippen LogP contribution in [0.2, 0.25) is 0 Å². The lowest BCUT2D eigenvalue weighted by molar-refractivity contribution is 0.0779. The van der Waals surface area contributed by atoms with Gasteiger partial charge in [0.25, 0.3) is 5.91 Å². The first kappa shape index (κ1) is 17.9. The van der Waals surface area contributed by atoms with E-state index in [2.05, 4.69) is 4.98 Å². The topological polar surface area (TPSA) is 74.0 Å². The molecule has 0 saturated carbocycles. The lowest BCUT2D eigenvalue weighted by Crippen LogP contribution is -2.26. The zero-order chi connectivity index (χ0) is 19.5. The highest BCUT2D eigenvalue weighted by Crippen LogP contribution is 2.35. The van der Waals surface area contributed by atoms with Gasteiger partial charge in [-0.3, -0.25) is 4.79 Å². The predicted octanol–water partition coefficient (Wildman–Crippen LogP) is 3.56. The summed E-state index contributed by atoms with van der Waals surface area (Å²) in [6.07, 6.45) is 1.35. The van der Waals surface area contributed by atoms with Crippen molar-refractivity contribution in [2.24, 2.45) is 0 Å². The van der Waals surface area contributed by atoms with Gasteiger partial charge in [-0.25, -0.2) is 4.98 Å². The summed E-state index contributed by atoms with van der Waals surface area (Å²) < 4.78 is 21.6. The molecule has 7 nitrogen and oxygen atoms in total. The molecule has 0 saturated heterocycles. The number of amides is 1. The Hall–Kier alpha value is -3.48. The molecule has 0 radical (unpaired) electrons. The Labute approximate surface area is 162 Å². The van der Waals surface area contributed by atoms with Gasteiger partial charge in [0.1, 0.15) is 12.0 Å². The van der Waals surface area contributed by atoms with Gasteiger partial charge in [0, 0.05) is 19.7 Å². The Morgan fingerprint density at radius 2 is 1.93 bits per heavy atom. The first-order chi connectivity index (χ1) is 13.6. The Morgan fingerprint density at radius 3 is 2.75 bits per heavy atom. The van der Waals surface area contributed by atoms with Crippen molar-refractivity contribution in [1.82, 2.24) is 9.88 Å². The molecule has 1 aromatic heterocycles. The van der Waals surface area contributed by atoms with Crippen LogP contribution in [0.25, 0.3) is 0 Å². The van der Waals surface area contributed by atoms with Gasteiger partial charge in [0.2, 0.25) is 12.7 Å². The van der Waals surface area contributed by atoms with E-state index in [-0.39, 0.29) is 25.0 Å². The van der Waals surface area contributed by atoms with Gasteiger partial charge in [0.15, 0.2) is 23.8 Å². The fraction of sp³-hybridized carbons (Fsp3) is 0.238. The van der Waals surface area contributed by atoms with Crippen molar-refractivity contribution in [2.45, 2.75) is 20.1 Å². The molecule has 28 heavy (non-hydrogen) atoms. The van der Waals surface area contributed by atoms with Crippen LogP contribution < -0.4 is 14.2 Å². The second kappa shape index (κ2) is 7.64. The molecule has 1 amide bonds. The molecule has 2 aromatic carbocycles. The molecule has 0 unspecified atom stereocenters. The normalized spacial score (nSPS) is 12.1. The molecule has 0 spiro atoms. The Bertz CT molecular complexity index is 981. The number of oxazole rings is 1. The third kappa shape index (κ3) is 3.93. The average molecular weight is 380 g/mol. The van der Waals surface area contributed by atoms with Crippen LogP contribution >= 0.6 is 0 Å². The summed E-state index contributed by atoms with van der Waals surface area (Å²) in [5.41, 5.74) is 2.48. The molecule has 0 fully saturated rings. The van der Waals surface area contributed by atoms with E-state index in [1.807, 2.05) is 31.2 Å². The second-order valence-corrected chi connectivity index (χ2v) is 6.58. The number of carbonyl (C=O) groups is 1. The van der Waals surface area contributed by atoms with Crippen LogP contribution in [0.5, 0.6) is 17.2 Å². The van der Waals surface area contributed by atoms with Crippen molar-refractivity contribution in [3.05, 3.63) is 71.4 Å². The number of hydrogen-bond donors (Lipinski definition) is 0. The van der Waals surface area contributed by atoms with Crippen LogP contribution in [0, 0.1) is 6.92 Å². The van der Waals surface area contributed by atoms with Gasteiger partial charge in [-0.15, -0.1) is 0 Å². The second-order valence-electron chi connectivity index (χ2n) is 6.58.